The summed E-state index contributed by atoms with van der Waals surface area (Å²) in [5.41, 5.74) is 0.819. The SMILES string of the molecule is CCC1CCCCC1n1c(CCl)nc2ccccc2c1=O. The Bertz CT molecular complexity index is 695. The molecule has 2 aromatic rings. The van der Waals surface area contributed by atoms with Gasteiger partial charge in [-0.05, 0) is 30.9 Å². The highest BCUT2D eigenvalue weighted by Crippen LogP contribution is 2.36. The number of nitrogens with zero attached hydrogens (tertiary/aromatic N) is 2. The Morgan fingerprint density at radius 2 is 2.05 bits per heavy atom. The predicted octanol–water partition coefficient (Wildman–Crippen LogP) is 4.28. The van der Waals surface area contributed by atoms with Crippen molar-refractivity contribution >= 4 is 22.5 Å². The lowest BCUT2D eigenvalue weighted by atomic mass is 9.82. The van der Waals surface area contributed by atoms with Crippen LogP contribution in [0.5, 0.6) is 0 Å². The van der Waals surface area contributed by atoms with Crippen LogP contribution < -0.4 is 5.56 Å². The molecule has 0 bridgehead atoms. The molecular weight excluding hydrogens is 284 g/mol. The number of fused-ring (bicyclic) bond motifs is 1. The Kier molecular flexibility index (Phi) is 4.29. The van der Waals surface area contributed by atoms with Crippen molar-refractivity contribution in [3.63, 3.8) is 0 Å². The molecule has 0 spiro atoms. The van der Waals surface area contributed by atoms with E-state index in [1.165, 1.54) is 19.3 Å². The third-order valence-electron chi connectivity index (χ3n) is 4.73. The molecule has 112 valence electrons. The second-order valence-corrected chi connectivity index (χ2v) is 6.14. The first-order valence-electron chi connectivity index (χ1n) is 7.82. The predicted molar refractivity (Wildman–Crippen MR) is 86.8 cm³/mol. The first-order chi connectivity index (χ1) is 10.3. The summed E-state index contributed by atoms with van der Waals surface area (Å²) in [6, 6.07) is 7.81. The molecule has 1 saturated carbocycles. The van der Waals surface area contributed by atoms with Gasteiger partial charge in [0.25, 0.3) is 5.56 Å². The van der Waals surface area contributed by atoms with Crippen LogP contribution in [0.3, 0.4) is 0 Å². The van der Waals surface area contributed by atoms with Gasteiger partial charge in [0.15, 0.2) is 0 Å². The van der Waals surface area contributed by atoms with Gasteiger partial charge in [0, 0.05) is 6.04 Å². The number of halogens is 1. The molecule has 21 heavy (non-hydrogen) atoms. The van der Waals surface area contributed by atoms with Gasteiger partial charge < -0.3 is 0 Å². The van der Waals surface area contributed by atoms with E-state index in [2.05, 4.69) is 11.9 Å². The van der Waals surface area contributed by atoms with E-state index in [0.29, 0.717) is 17.1 Å². The highest BCUT2D eigenvalue weighted by Gasteiger charge is 2.28. The van der Waals surface area contributed by atoms with Crippen molar-refractivity contribution in [3.8, 4) is 0 Å². The maximum atomic E-state index is 12.9. The average Bonchev–Trinajstić information content (AvgIpc) is 2.54. The Morgan fingerprint density at radius 1 is 1.29 bits per heavy atom. The number of rotatable bonds is 3. The lowest BCUT2D eigenvalue weighted by Crippen LogP contribution is -2.34. The number of alkyl halides is 1. The van der Waals surface area contributed by atoms with Gasteiger partial charge in [-0.25, -0.2) is 4.98 Å². The molecule has 0 N–H and O–H groups in total. The summed E-state index contributed by atoms with van der Waals surface area (Å²) < 4.78 is 1.89. The summed E-state index contributed by atoms with van der Waals surface area (Å²) >= 11 is 6.09. The Morgan fingerprint density at radius 3 is 2.81 bits per heavy atom. The van der Waals surface area contributed by atoms with Crippen LogP contribution in [0.4, 0.5) is 0 Å². The van der Waals surface area contributed by atoms with E-state index in [1.807, 2.05) is 28.8 Å². The number of aromatic nitrogens is 2. The summed E-state index contributed by atoms with van der Waals surface area (Å²) in [7, 11) is 0. The molecule has 1 fully saturated rings. The van der Waals surface area contributed by atoms with Crippen molar-refractivity contribution in [3.05, 3.63) is 40.4 Å². The monoisotopic (exact) mass is 304 g/mol. The number of hydrogen-bond acceptors (Lipinski definition) is 2. The molecule has 1 aromatic heterocycles. The summed E-state index contributed by atoms with van der Waals surface area (Å²) in [4.78, 5) is 17.6. The normalized spacial score (nSPS) is 22.6. The first-order valence-corrected chi connectivity index (χ1v) is 8.35. The molecule has 1 aliphatic rings. The third kappa shape index (κ3) is 2.59. The molecule has 2 atom stereocenters. The maximum absolute atomic E-state index is 12.9. The van der Waals surface area contributed by atoms with Gasteiger partial charge in [0.1, 0.15) is 5.82 Å². The second-order valence-electron chi connectivity index (χ2n) is 5.87. The first kappa shape index (κ1) is 14.6. The highest BCUT2D eigenvalue weighted by atomic mass is 35.5. The molecule has 2 unspecified atom stereocenters. The van der Waals surface area contributed by atoms with Crippen LogP contribution in [0.1, 0.15) is 50.9 Å². The average molecular weight is 305 g/mol. The van der Waals surface area contributed by atoms with E-state index >= 15 is 0 Å². The molecular formula is C17H21ClN2O. The van der Waals surface area contributed by atoms with Crippen molar-refractivity contribution in [2.75, 3.05) is 0 Å². The molecule has 0 radical (unpaired) electrons. The summed E-state index contributed by atoms with van der Waals surface area (Å²) in [5.74, 6) is 1.56. The molecule has 0 saturated heterocycles. The van der Waals surface area contributed by atoms with Gasteiger partial charge in [-0.1, -0.05) is 38.3 Å². The van der Waals surface area contributed by atoms with Crippen LogP contribution in [0.15, 0.2) is 29.1 Å². The minimum absolute atomic E-state index is 0.0709. The minimum Gasteiger partial charge on any atom is -0.292 e. The topological polar surface area (TPSA) is 34.9 Å². The van der Waals surface area contributed by atoms with E-state index in [9.17, 15) is 4.79 Å². The Balaban J connectivity index is 2.20. The zero-order valence-electron chi connectivity index (χ0n) is 12.4. The molecule has 0 amide bonds. The number of para-hydroxylation sites is 1. The van der Waals surface area contributed by atoms with Crippen LogP contribution in [-0.2, 0) is 5.88 Å². The van der Waals surface area contributed by atoms with Crippen molar-refractivity contribution in [1.82, 2.24) is 9.55 Å². The lowest BCUT2D eigenvalue weighted by molar-refractivity contribution is 0.224. The van der Waals surface area contributed by atoms with Crippen LogP contribution in [0.2, 0.25) is 0 Å². The number of hydrogen-bond donors (Lipinski definition) is 0. The lowest BCUT2D eigenvalue weighted by Gasteiger charge is -2.33. The van der Waals surface area contributed by atoms with Crippen molar-refractivity contribution < 1.29 is 0 Å². The van der Waals surface area contributed by atoms with Crippen LogP contribution >= 0.6 is 11.6 Å². The minimum atomic E-state index is 0.0709. The molecule has 1 aromatic carbocycles. The van der Waals surface area contributed by atoms with Gasteiger partial charge in [-0.15, -0.1) is 11.6 Å². The van der Waals surface area contributed by atoms with Gasteiger partial charge in [-0.2, -0.15) is 0 Å². The summed E-state index contributed by atoms with van der Waals surface area (Å²) in [6.45, 7) is 2.21. The third-order valence-corrected chi connectivity index (χ3v) is 4.96. The second kappa shape index (κ2) is 6.18. The van der Waals surface area contributed by atoms with Crippen molar-refractivity contribution in [2.45, 2.75) is 50.9 Å². The summed E-state index contributed by atoms with van der Waals surface area (Å²) in [5, 5.41) is 0.701. The zero-order valence-corrected chi connectivity index (χ0v) is 13.1. The van der Waals surface area contributed by atoms with E-state index in [0.717, 1.165) is 18.4 Å². The van der Waals surface area contributed by atoms with E-state index in [-0.39, 0.29) is 17.5 Å². The molecule has 3 nitrogen and oxygen atoms in total. The molecule has 0 aliphatic heterocycles. The molecule has 1 aliphatic carbocycles. The maximum Gasteiger partial charge on any atom is 0.261 e. The fraction of sp³-hybridized carbons (Fsp3) is 0.529. The Hall–Kier alpha value is -1.35. The fourth-order valence-corrected chi connectivity index (χ4v) is 3.82. The summed E-state index contributed by atoms with van der Waals surface area (Å²) in [6.07, 6.45) is 5.80. The van der Waals surface area contributed by atoms with Crippen LogP contribution in [0.25, 0.3) is 10.9 Å². The quantitative estimate of drug-likeness (QED) is 0.793. The standard InChI is InChI=1S/C17H21ClN2O/c1-2-12-7-3-6-10-15(12)20-16(11-18)19-14-9-5-4-8-13(14)17(20)21/h4-5,8-9,12,15H,2-3,6-7,10-11H2,1H3. The van der Waals surface area contributed by atoms with Crippen molar-refractivity contribution in [1.29, 1.82) is 0 Å². The molecule has 1 heterocycles. The van der Waals surface area contributed by atoms with Crippen LogP contribution in [-0.4, -0.2) is 9.55 Å². The highest BCUT2D eigenvalue weighted by molar-refractivity contribution is 6.16. The van der Waals surface area contributed by atoms with Crippen LogP contribution in [0, 0.1) is 5.92 Å². The van der Waals surface area contributed by atoms with E-state index in [1.54, 1.807) is 0 Å². The van der Waals surface area contributed by atoms with Gasteiger partial charge >= 0.3 is 0 Å². The molecule has 3 rings (SSSR count). The fourth-order valence-electron chi connectivity index (χ4n) is 3.63. The van der Waals surface area contributed by atoms with Gasteiger partial charge in [-0.3, -0.25) is 9.36 Å². The van der Waals surface area contributed by atoms with Gasteiger partial charge in [0.2, 0.25) is 0 Å². The number of benzene rings is 1. The van der Waals surface area contributed by atoms with Gasteiger partial charge in [0.05, 0.1) is 16.8 Å². The van der Waals surface area contributed by atoms with E-state index in [4.69, 9.17) is 11.6 Å². The Labute approximate surface area is 130 Å². The largest absolute Gasteiger partial charge is 0.292 e. The zero-order chi connectivity index (χ0) is 14.8. The van der Waals surface area contributed by atoms with E-state index < -0.39 is 0 Å². The smallest absolute Gasteiger partial charge is 0.261 e. The molecule has 4 heteroatoms. The van der Waals surface area contributed by atoms with Crippen molar-refractivity contribution in [2.24, 2.45) is 5.92 Å².